The maximum Gasteiger partial charge on any atom is 0.267 e. The fourth-order valence-corrected chi connectivity index (χ4v) is 4.76. The largest absolute Gasteiger partial charge is 0.268 e. The predicted molar refractivity (Wildman–Crippen MR) is 106 cm³/mol. The monoisotopic (exact) mass is 360 g/mol. The molecule has 0 N–H and O–H groups in total. The summed E-state index contributed by atoms with van der Waals surface area (Å²) >= 11 is 0. The molecule has 2 bridgehead atoms. The van der Waals surface area contributed by atoms with E-state index in [2.05, 4.69) is 17.2 Å². The molecule has 2 aliphatic carbocycles. The molecule has 2 atom stereocenters. The lowest BCUT2D eigenvalue weighted by Crippen LogP contribution is -2.23. The molecule has 0 saturated heterocycles. The zero-order valence-corrected chi connectivity index (χ0v) is 15.8. The molecular formula is C22H24N4O. The predicted octanol–water partition coefficient (Wildman–Crippen LogP) is 4.34. The highest BCUT2D eigenvalue weighted by atomic mass is 16.1. The number of rotatable bonds is 3. The first-order valence-electron chi connectivity index (χ1n) is 9.88. The zero-order valence-electron chi connectivity index (χ0n) is 15.8. The Hall–Kier alpha value is -2.69. The fourth-order valence-electron chi connectivity index (χ4n) is 4.76. The lowest BCUT2D eigenvalue weighted by Gasteiger charge is -2.13. The van der Waals surface area contributed by atoms with Gasteiger partial charge in [-0.05, 0) is 75.6 Å². The summed E-state index contributed by atoms with van der Waals surface area (Å²) in [7, 11) is 0. The van der Waals surface area contributed by atoms with E-state index in [0.717, 1.165) is 34.3 Å². The van der Waals surface area contributed by atoms with Crippen molar-refractivity contribution >= 4 is 11.6 Å². The molecule has 3 aromatic rings. The summed E-state index contributed by atoms with van der Waals surface area (Å²) in [6, 6.07) is 9.54. The van der Waals surface area contributed by atoms with Crippen LogP contribution in [0, 0.1) is 11.8 Å². The molecule has 2 unspecified atom stereocenters. The minimum atomic E-state index is -0.0711. The molecule has 5 heteroatoms. The molecule has 2 saturated carbocycles. The van der Waals surface area contributed by atoms with Gasteiger partial charge in [0.05, 0.1) is 28.5 Å². The summed E-state index contributed by atoms with van der Waals surface area (Å²) in [5, 5.41) is 9.52. The standard InChI is InChI=1S/C22H24N4O/c1-14(2)26-21(27)9-8-18(24-26)22-19(23-25-10-4-3-5-20(22)25)13-17-12-15-6-7-16(17)11-15/h3-5,8-10,13-16H,6-7,11-12H2,1-2H3. The Morgan fingerprint density at radius 1 is 1.15 bits per heavy atom. The SMILES string of the molecule is CC(C)n1nc(-c2c(C=C3CC4CCC3C4)nn3ccccc23)ccc1=O. The molecule has 2 fully saturated rings. The summed E-state index contributed by atoms with van der Waals surface area (Å²) in [4.78, 5) is 12.2. The van der Waals surface area contributed by atoms with Gasteiger partial charge in [0.15, 0.2) is 0 Å². The quantitative estimate of drug-likeness (QED) is 0.698. The molecule has 3 heterocycles. The van der Waals surface area contributed by atoms with E-state index in [4.69, 9.17) is 5.10 Å². The molecule has 0 aromatic carbocycles. The van der Waals surface area contributed by atoms with Crippen molar-refractivity contribution in [2.45, 2.75) is 45.6 Å². The molecule has 2 aliphatic rings. The molecule has 27 heavy (non-hydrogen) atoms. The van der Waals surface area contributed by atoms with Crippen molar-refractivity contribution in [3.05, 3.63) is 58.1 Å². The highest BCUT2D eigenvalue weighted by molar-refractivity contribution is 5.85. The first-order chi connectivity index (χ1) is 13.1. The lowest BCUT2D eigenvalue weighted by molar-refractivity contribution is 0.505. The van der Waals surface area contributed by atoms with E-state index >= 15 is 0 Å². The van der Waals surface area contributed by atoms with Crippen LogP contribution in [0.4, 0.5) is 0 Å². The van der Waals surface area contributed by atoms with E-state index in [9.17, 15) is 4.79 Å². The van der Waals surface area contributed by atoms with Crippen molar-refractivity contribution in [3.8, 4) is 11.3 Å². The second-order valence-electron chi connectivity index (χ2n) is 8.19. The number of nitrogens with zero attached hydrogens (tertiary/aromatic N) is 4. The van der Waals surface area contributed by atoms with Gasteiger partial charge in [0.25, 0.3) is 5.56 Å². The molecule has 0 radical (unpaired) electrons. The van der Waals surface area contributed by atoms with Crippen LogP contribution in [-0.2, 0) is 0 Å². The van der Waals surface area contributed by atoms with Gasteiger partial charge in [-0.2, -0.15) is 10.2 Å². The van der Waals surface area contributed by atoms with E-state index in [1.165, 1.54) is 31.3 Å². The highest BCUT2D eigenvalue weighted by Gasteiger charge is 2.35. The maximum atomic E-state index is 12.2. The van der Waals surface area contributed by atoms with Gasteiger partial charge in [-0.15, -0.1) is 0 Å². The Kier molecular flexibility index (Phi) is 3.78. The lowest BCUT2D eigenvalue weighted by atomic mass is 9.93. The first kappa shape index (κ1) is 16.5. The second kappa shape index (κ2) is 6.19. The Labute approximate surface area is 158 Å². The number of aromatic nitrogens is 4. The van der Waals surface area contributed by atoms with Crippen LogP contribution in [-0.4, -0.2) is 19.4 Å². The molecule has 3 aromatic heterocycles. The van der Waals surface area contributed by atoms with Gasteiger partial charge >= 0.3 is 0 Å². The average molecular weight is 360 g/mol. The molecule has 138 valence electrons. The summed E-state index contributed by atoms with van der Waals surface area (Å²) < 4.78 is 3.47. The second-order valence-corrected chi connectivity index (χ2v) is 8.19. The Morgan fingerprint density at radius 3 is 2.78 bits per heavy atom. The molecule has 0 amide bonds. The van der Waals surface area contributed by atoms with Gasteiger partial charge in [-0.1, -0.05) is 11.6 Å². The third kappa shape index (κ3) is 2.73. The number of pyridine rings is 1. The third-order valence-electron chi connectivity index (χ3n) is 6.05. The van der Waals surface area contributed by atoms with Crippen LogP contribution in [0.3, 0.4) is 0 Å². The number of hydrogen-bond acceptors (Lipinski definition) is 3. The van der Waals surface area contributed by atoms with Gasteiger partial charge in [0.2, 0.25) is 0 Å². The van der Waals surface area contributed by atoms with Gasteiger partial charge in [0, 0.05) is 12.3 Å². The van der Waals surface area contributed by atoms with Crippen molar-refractivity contribution in [1.29, 1.82) is 0 Å². The highest BCUT2D eigenvalue weighted by Crippen LogP contribution is 2.48. The van der Waals surface area contributed by atoms with E-state index < -0.39 is 0 Å². The Balaban J connectivity index is 1.70. The van der Waals surface area contributed by atoms with E-state index in [1.54, 1.807) is 10.7 Å². The minimum absolute atomic E-state index is 0.0201. The molecule has 0 spiro atoms. The smallest absolute Gasteiger partial charge is 0.267 e. The zero-order chi connectivity index (χ0) is 18.5. The Morgan fingerprint density at radius 2 is 2.04 bits per heavy atom. The first-order valence-corrected chi connectivity index (χ1v) is 9.88. The molecule has 5 rings (SSSR count). The van der Waals surface area contributed by atoms with Crippen LogP contribution >= 0.6 is 0 Å². The maximum absolute atomic E-state index is 12.2. The summed E-state index contributed by atoms with van der Waals surface area (Å²) in [5.41, 5.74) is 5.27. The van der Waals surface area contributed by atoms with Crippen LogP contribution in [0.15, 0.2) is 46.9 Å². The molecule has 5 nitrogen and oxygen atoms in total. The normalized spacial score (nSPS) is 23.1. The van der Waals surface area contributed by atoms with Gasteiger partial charge < -0.3 is 0 Å². The van der Waals surface area contributed by atoms with E-state index in [-0.39, 0.29) is 11.6 Å². The third-order valence-corrected chi connectivity index (χ3v) is 6.05. The summed E-state index contributed by atoms with van der Waals surface area (Å²) in [5.74, 6) is 1.59. The van der Waals surface area contributed by atoms with Crippen LogP contribution < -0.4 is 5.56 Å². The van der Waals surface area contributed by atoms with E-state index in [1.807, 2.05) is 42.8 Å². The molecule has 0 aliphatic heterocycles. The summed E-state index contributed by atoms with van der Waals surface area (Å²) in [6.07, 6.45) is 9.50. The van der Waals surface area contributed by atoms with Crippen molar-refractivity contribution in [2.24, 2.45) is 11.8 Å². The molecular weight excluding hydrogens is 336 g/mol. The average Bonchev–Trinajstić information content (AvgIpc) is 3.36. The van der Waals surface area contributed by atoms with Crippen LogP contribution in [0.25, 0.3) is 22.9 Å². The van der Waals surface area contributed by atoms with Crippen LogP contribution in [0.1, 0.15) is 51.3 Å². The van der Waals surface area contributed by atoms with Crippen molar-refractivity contribution in [3.63, 3.8) is 0 Å². The number of allylic oxidation sites excluding steroid dienone is 1. The number of fused-ring (bicyclic) bond motifs is 3. The topological polar surface area (TPSA) is 52.2 Å². The minimum Gasteiger partial charge on any atom is -0.268 e. The fraction of sp³-hybridized carbons (Fsp3) is 0.409. The van der Waals surface area contributed by atoms with Gasteiger partial charge in [-0.25, -0.2) is 9.20 Å². The Bertz CT molecular complexity index is 1100. The van der Waals surface area contributed by atoms with E-state index in [0.29, 0.717) is 0 Å². The van der Waals surface area contributed by atoms with Gasteiger partial charge in [-0.3, -0.25) is 4.79 Å². The van der Waals surface area contributed by atoms with Crippen molar-refractivity contribution < 1.29 is 0 Å². The van der Waals surface area contributed by atoms with Crippen molar-refractivity contribution in [2.75, 3.05) is 0 Å². The van der Waals surface area contributed by atoms with Crippen LogP contribution in [0.5, 0.6) is 0 Å². The van der Waals surface area contributed by atoms with Gasteiger partial charge in [0.1, 0.15) is 0 Å². The van der Waals surface area contributed by atoms with Crippen molar-refractivity contribution in [1.82, 2.24) is 19.4 Å². The summed E-state index contributed by atoms with van der Waals surface area (Å²) in [6.45, 7) is 3.96. The van der Waals surface area contributed by atoms with Crippen LogP contribution in [0.2, 0.25) is 0 Å². The number of hydrogen-bond donors (Lipinski definition) is 0.